The molecule has 1 aromatic rings. The Kier molecular flexibility index (Phi) is 4.97. The van der Waals surface area contributed by atoms with Gasteiger partial charge in [-0.1, -0.05) is 36.0 Å². The summed E-state index contributed by atoms with van der Waals surface area (Å²) in [6.45, 7) is 1.96. The maximum Gasteiger partial charge on any atom is 0.242 e. The highest BCUT2D eigenvalue weighted by molar-refractivity contribution is 7.89. The van der Waals surface area contributed by atoms with Crippen molar-refractivity contribution in [2.45, 2.75) is 43.7 Å². The number of nitrogens with one attached hydrogen (secondary N) is 1. The van der Waals surface area contributed by atoms with Crippen molar-refractivity contribution in [2.24, 2.45) is 11.7 Å². The van der Waals surface area contributed by atoms with Gasteiger partial charge in [-0.3, -0.25) is 0 Å². The summed E-state index contributed by atoms with van der Waals surface area (Å²) >= 11 is 12.1. The lowest BCUT2D eigenvalue weighted by molar-refractivity contribution is 0.530. The van der Waals surface area contributed by atoms with Crippen LogP contribution in [0.25, 0.3) is 0 Å². The third-order valence-corrected chi connectivity index (χ3v) is 5.91. The summed E-state index contributed by atoms with van der Waals surface area (Å²) in [6.07, 6.45) is 3.23. The zero-order valence-corrected chi connectivity index (χ0v) is 13.5. The van der Waals surface area contributed by atoms with E-state index in [-0.39, 0.29) is 22.5 Å². The molecular weight excluding hydrogens is 319 g/mol. The highest BCUT2D eigenvalue weighted by Crippen LogP contribution is 2.34. The fraction of sp³-hybridized carbons (Fsp3) is 0.538. The minimum absolute atomic E-state index is 0.0339. The first-order chi connectivity index (χ1) is 9.35. The molecule has 1 saturated carbocycles. The minimum Gasteiger partial charge on any atom is -0.326 e. The van der Waals surface area contributed by atoms with Gasteiger partial charge in [0.25, 0.3) is 0 Å². The topological polar surface area (TPSA) is 72.2 Å². The molecule has 4 nitrogen and oxygen atoms in total. The SMILES string of the molecule is CC(CC1CC1)NS(=O)(=O)c1ccc(Cl)c(CN)c1Cl. The quantitative estimate of drug-likeness (QED) is 0.838. The van der Waals surface area contributed by atoms with E-state index in [0.717, 1.165) is 6.42 Å². The fourth-order valence-corrected chi connectivity index (χ4v) is 4.39. The van der Waals surface area contributed by atoms with Crippen LogP contribution in [-0.4, -0.2) is 14.5 Å². The van der Waals surface area contributed by atoms with E-state index in [0.29, 0.717) is 16.5 Å². The first kappa shape index (κ1) is 16.0. The van der Waals surface area contributed by atoms with Crippen LogP contribution < -0.4 is 10.5 Å². The molecule has 2 rings (SSSR count). The van der Waals surface area contributed by atoms with E-state index >= 15 is 0 Å². The number of hydrogen-bond donors (Lipinski definition) is 2. The number of hydrogen-bond acceptors (Lipinski definition) is 3. The molecule has 20 heavy (non-hydrogen) atoms. The van der Waals surface area contributed by atoms with Crippen LogP contribution in [0.1, 0.15) is 31.7 Å². The molecule has 1 unspecified atom stereocenters. The molecule has 0 amide bonds. The van der Waals surface area contributed by atoms with Crippen LogP contribution in [0.15, 0.2) is 17.0 Å². The van der Waals surface area contributed by atoms with E-state index < -0.39 is 10.0 Å². The van der Waals surface area contributed by atoms with Gasteiger partial charge in [0.2, 0.25) is 10.0 Å². The molecule has 1 atom stereocenters. The summed E-state index contributed by atoms with van der Waals surface area (Å²) in [6, 6.07) is 2.81. The van der Waals surface area contributed by atoms with E-state index in [1.54, 1.807) is 0 Å². The van der Waals surface area contributed by atoms with Crippen molar-refractivity contribution < 1.29 is 8.42 Å². The molecule has 112 valence electrons. The average molecular weight is 337 g/mol. The molecule has 0 saturated heterocycles. The van der Waals surface area contributed by atoms with Crippen LogP contribution in [0.5, 0.6) is 0 Å². The standard InChI is InChI=1S/C13H18Cl2N2O2S/c1-8(6-9-2-3-9)17-20(18,19)12-5-4-11(14)10(7-16)13(12)15/h4-5,8-9,17H,2-3,6-7,16H2,1H3. The highest BCUT2D eigenvalue weighted by atomic mass is 35.5. The number of benzene rings is 1. The molecule has 1 aliphatic rings. The monoisotopic (exact) mass is 336 g/mol. The molecule has 0 radical (unpaired) electrons. The van der Waals surface area contributed by atoms with Crippen LogP contribution in [0.4, 0.5) is 0 Å². The molecule has 0 heterocycles. The Morgan fingerprint density at radius 1 is 1.40 bits per heavy atom. The molecular formula is C13H18Cl2N2O2S. The van der Waals surface area contributed by atoms with Crippen LogP contribution in [0.2, 0.25) is 10.0 Å². The van der Waals surface area contributed by atoms with Gasteiger partial charge in [0.15, 0.2) is 0 Å². The van der Waals surface area contributed by atoms with Crippen molar-refractivity contribution in [1.29, 1.82) is 0 Å². The first-order valence-corrected chi connectivity index (χ1v) is 8.78. The Bertz CT molecular complexity index is 601. The second kappa shape index (κ2) is 6.20. The summed E-state index contributed by atoms with van der Waals surface area (Å²) in [5.41, 5.74) is 6.00. The summed E-state index contributed by atoms with van der Waals surface area (Å²) in [4.78, 5) is 0.0339. The van der Waals surface area contributed by atoms with Gasteiger partial charge in [-0.15, -0.1) is 0 Å². The summed E-state index contributed by atoms with van der Waals surface area (Å²) < 4.78 is 27.4. The predicted octanol–water partition coefficient (Wildman–Crippen LogP) is 2.92. The molecule has 0 bridgehead atoms. The maximum absolute atomic E-state index is 12.4. The van der Waals surface area contributed by atoms with E-state index in [9.17, 15) is 8.42 Å². The third kappa shape index (κ3) is 3.65. The lowest BCUT2D eigenvalue weighted by Gasteiger charge is -2.16. The molecule has 0 aromatic heterocycles. The van der Waals surface area contributed by atoms with Crippen molar-refractivity contribution >= 4 is 33.2 Å². The molecule has 0 aliphatic heterocycles. The van der Waals surface area contributed by atoms with Crippen molar-refractivity contribution in [3.8, 4) is 0 Å². The van der Waals surface area contributed by atoms with Crippen molar-refractivity contribution in [1.82, 2.24) is 4.72 Å². The molecule has 1 aromatic carbocycles. The zero-order chi connectivity index (χ0) is 14.9. The molecule has 7 heteroatoms. The van der Waals surface area contributed by atoms with Gasteiger partial charge in [-0.25, -0.2) is 13.1 Å². The molecule has 1 aliphatic carbocycles. The second-order valence-corrected chi connectivity index (χ2v) is 7.71. The van der Waals surface area contributed by atoms with Gasteiger partial charge in [0.1, 0.15) is 4.90 Å². The van der Waals surface area contributed by atoms with Crippen LogP contribution >= 0.6 is 23.2 Å². The van der Waals surface area contributed by atoms with E-state index in [2.05, 4.69) is 4.72 Å². The van der Waals surface area contributed by atoms with Crippen molar-refractivity contribution in [3.63, 3.8) is 0 Å². The lowest BCUT2D eigenvalue weighted by atomic mass is 10.2. The Morgan fingerprint density at radius 2 is 2.05 bits per heavy atom. The molecule has 1 fully saturated rings. The predicted molar refractivity (Wildman–Crippen MR) is 81.5 cm³/mol. The summed E-state index contributed by atoms with van der Waals surface area (Å²) in [5.74, 6) is 0.646. The first-order valence-electron chi connectivity index (χ1n) is 6.54. The zero-order valence-electron chi connectivity index (χ0n) is 11.2. The van der Waals surface area contributed by atoms with Gasteiger partial charge in [-0.05, 0) is 31.4 Å². The van der Waals surface area contributed by atoms with Gasteiger partial charge in [0, 0.05) is 23.2 Å². The smallest absolute Gasteiger partial charge is 0.242 e. The second-order valence-electron chi connectivity index (χ2n) is 5.24. The van der Waals surface area contributed by atoms with Gasteiger partial charge in [0.05, 0.1) is 5.02 Å². The van der Waals surface area contributed by atoms with E-state index in [4.69, 9.17) is 28.9 Å². The summed E-state index contributed by atoms with van der Waals surface area (Å²) in [5, 5.41) is 0.480. The van der Waals surface area contributed by atoms with Gasteiger partial charge >= 0.3 is 0 Å². The fourth-order valence-electron chi connectivity index (χ4n) is 2.20. The third-order valence-electron chi connectivity index (χ3n) is 3.38. The normalized spacial score (nSPS) is 17.2. The van der Waals surface area contributed by atoms with E-state index in [1.807, 2.05) is 6.92 Å². The number of nitrogens with two attached hydrogens (primary N) is 1. The number of halogens is 2. The van der Waals surface area contributed by atoms with Gasteiger partial charge < -0.3 is 5.73 Å². The number of sulfonamides is 1. The van der Waals surface area contributed by atoms with Crippen LogP contribution in [-0.2, 0) is 16.6 Å². The summed E-state index contributed by atoms with van der Waals surface area (Å²) in [7, 11) is -3.65. The van der Waals surface area contributed by atoms with Crippen molar-refractivity contribution in [2.75, 3.05) is 0 Å². The maximum atomic E-state index is 12.4. The highest BCUT2D eigenvalue weighted by Gasteiger charge is 2.27. The Morgan fingerprint density at radius 3 is 2.60 bits per heavy atom. The van der Waals surface area contributed by atoms with Gasteiger partial charge in [-0.2, -0.15) is 0 Å². The average Bonchev–Trinajstić information content (AvgIpc) is 3.12. The Hall–Kier alpha value is -0.330. The van der Waals surface area contributed by atoms with Crippen LogP contribution in [0, 0.1) is 5.92 Å². The lowest BCUT2D eigenvalue weighted by Crippen LogP contribution is -2.33. The van der Waals surface area contributed by atoms with E-state index in [1.165, 1.54) is 25.0 Å². The molecule has 3 N–H and O–H groups in total. The Labute approximate surface area is 129 Å². The van der Waals surface area contributed by atoms with Crippen molar-refractivity contribution in [3.05, 3.63) is 27.7 Å². The largest absolute Gasteiger partial charge is 0.326 e. The number of rotatable bonds is 6. The van der Waals surface area contributed by atoms with Crippen LogP contribution in [0.3, 0.4) is 0 Å². The minimum atomic E-state index is -3.65. The molecule has 0 spiro atoms. The Balaban J connectivity index is 2.24.